The molecule has 7 heteroatoms. The number of Topliss-reactive ketones (excluding diaryl/α,β-unsaturated/α-hetero) is 1. The molecule has 2 rings (SSSR count). The number of likely N-dealkylation sites (N-methyl/N-ethyl adjacent to an activating group) is 1. The number of aryl methyl sites for hydroxylation is 1. The molecule has 0 aliphatic heterocycles. The zero-order valence-corrected chi connectivity index (χ0v) is 15.6. The highest BCUT2D eigenvalue weighted by molar-refractivity contribution is 5.96. The third-order valence-corrected chi connectivity index (χ3v) is 4.20. The molecule has 0 unspecified atom stereocenters. The molecular weight excluding hydrogens is 337 g/mol. The second-order valence-electron chi connectivity index (χ2n) is 6.04. The van der Waals surface area contributed by atoms with E-state index in [-0.39, 0.29) is 24.1 Å². The van der Waals surface area contributed by atoms with E-state index in [1.165, 1.54) is 19.1 Å². The number of carbonyl (C=O) groups is 2. The molecule has 2 aromatic rings. The highest BCUT2D eigenvalue weighted by Crippen LogP contribution is 2.14. The van der Waals surface area contributed by atoms with Crippen molar-refractivity contribution in [3.8, 4) is 5.75 Å². The zero-order chi connectivity index (χ0) is 19.3. The van der Waals surface area contributed by atoms with Crippen LogP contribution in [-0.2, 0) is 11.3 Å². The molecule has 0 saturated heterocycles. The standard InChI is InChI=1S/C19H24FN3O3/c1-5-22(10-11-26-17-8-6-16(20)7-9-17)18(25)12-23-14(3)19(15(4)24)13(2)21-23/h6-9H,5,10-12H2,1-4H3. The molecule has 1 amide bonds. The van der Waals surface area contributed by atoms with Crippen LogP contribution in [0.5, 0.6) is 5.75 Å². The second kappa shape index (κ2) is 8.60. The fraction of sp³-hybridized carbons (Fsp3) is 0.421. The number of nitrogens with zero attached hydrogens (tertiary/aromatic N) is 3. The van der Waals surface area contributed by atoms with E-state index in [0.717, 1.165) is 0 Å². The van der Waals surface area contributed by atoms with Crippen molar-refractivity contribution in [2.45, 2.75) is 34.2 Å². The van der Waals surface area contributed by atoms with Crippen molar-refractivity contribution in [2.24, 2.45) is 0 Å². The Labute approximate surface area is 152 Å². The minimum atomic E-state index is -0.322. The van der Waals surface area contributed by atoms with Crippen molar-refractivity contribution in [1.82, 2.24) is 14.7 Å². The fourth-order valence-corrected chi connectivity index (χ4v) is 2.85. The average Bonchev–Trinajstić information content (AvgIpc) is 2.87. The van der Waals surface area contributed by atoms with E-state index in [1.807, 2.05) is 6.92 Å². The van der Waals surface area contributed by atoms with Crippen LogP contribution < -0.4 is 4.74 Å². The summed E-state index contributed by atoms with van der Waals surface area (Å²) in [4.78, 5) is 25.9. The summed E-state index contributed by atoms with van der Waals surface area (Å²) >= 11 is 0. The summed E-state index contributed by atoms with van der Waals surface area (Å²) in [6.45, 7) is 8.25. The number of hydrogen-bond donors (Lipinski definition) is 0. The Morgan fingerprint density at radius 2 is 1.88 bits per heavy atom. The first-order valence-corrected chi connectivity index (χ1v) is 8.54. The number of hydrogen-bond acceptors (Lipinski definition) is 4. The van der Waals surface area contributed by atoms with E-state index >= 15 is 0 Å². The van der Waals surface area contributed by atoms with Gasteiger partial charge in [-0.3, -0.25) is 14.3 Å². The van der Waals surface area contributed by atoms with E-state index in [4.69, 9.17) is 4.74 Å². The molecule has 0 N–H and O–H groups in total. The van der Waals surface area contributed by atoms with Crippen LogP contribution in [-0.4, -0.2) is 46.1 Å². The van der Waals surface area contributed by atoms with Gasteiger partial charge < -0.3 is 9.64 Å². The maximum atomic E-state index is 12.9. The Morgan fingerprint density at radius 1 is 1.23 bits per heavy atom. The third-order valence-electron chi connectivity index (χ3n) is 4.20. The van der Waals surface area contributed by atoms with Gasteiger partial charge in [-0.2, -0.15) is 5.10 Å². The average molecular weight is 361 g/mol. The largest absolute Gasteiger partial charge is 0.492 e. The summed E-state index contributed by atoms with van der Waals surface area (Å²) in [6, 6.07) is 5.75. The molecule has 1 aromatic carbocycles. The zero-order valence-electron chi connectivity index (χ0n) is 15.6. The number of aromatic nitrogens is 2. The maximum Gasteiger partial charge on any atom is 0.244 e. The number of ether oxygens (including phenoxy) is 1. The van der Waals surface area contributed by atoms with Crippen molar-refractivity contribution in [3.05, 3.63) is 47.0 Å². The lowest BCUT2D eigenvalue weighted by Gasteiger charge is -2.21. The van der Waals surface area contributed by atoms with E-state index in [2.05, 4.69) is 5.10 Å². The third kappa shape index (κ3) is 4.68. The Hall–Kier alpha value is -2.70. The molecule has 26 heavy (non-hydrogen) atoms. The number of benzene rings is 1. The Kier molecular flexibility index (Phi) is 6.49. The molecule has 1 heterocycles. The molecule has 140 valence electrons. The number of rotatable bonds is 8. The van der Waals surface area contributed by atoms with Gasteiger partial charge in [-0.25, -0.2) is 4.39 Å². The Bertz CT molecular complexity index is 784. The van der Waals surface area contributed by atoms with Crippen LogP contribution in [0.15, 0.2) is 24.3 Å². The van der Waals surface area contributed by atoms with Gasteiger partial charge in [0.25, 0.3) is 0 Å². The van der Waals surface area contributed by atoms with Crippen LogP contribution in [0.3, 0.4) is 0 Å². The normalized spacial score (nSPS) is 10.7. The van der Waals surface area contributed by atoms with E-state index in [0.29, 0.717) is 42.4 Å². The van der Waals surface area contributed by atoms with Gasteiger partial charge in [0, 0.05) is 12.2 Å². The highest BCUT2D eigenvalue weighted by Gasteiger charge is 2.19. The van der Waals surface area contributed by atoms with Gasteiger partial charge in [-0.15, -0.1) is 0 Å². The van der Waals surface area contributed by atoms with Crippen molar-refractivity contribution in [1.29, 1.82) is 0 Å². The predicted octanol–water partition coefficient (Wildman–Crippen LogP) is 2.77. The SMILES string of the molecule is CCN(CCOc1ccc(F)cc1)C(=O)Cn1nc(C)c(C(C)=O)c1C. The first-order chi connectivity index (χ1) is 12.3. The van der Waals surface area contributed by atoms with Crippen LogP contribution >= 0.6 is 0 Å². The van der Waals surface area contributed by atoms with Crippen LogP contribution in [0.2, 0.25) is 0 Å². The number of carbonyl (C=O) groups excluding carboxylic acids is 2. The summed E-state index contributed by atoms with van der Waals surface area (Å²) in [5.74, 6) is 0.0757. The van der Waals surface area contributed by atoms with Crippen molar-refractivity contribution < 1.29 is 18.7 Å². The Morgan fingerprint density at radius 3 is 2.42 bits per heavy atom. The number of amides is 1. The van der Waals surface area contributed by atoms with Crippen LogP contribution in [0.25, 0.3) is 0 Å². The van der Waals surface area contributed by atoms with Crippen molar-refractivity contribution in [3.63, 3.8) is 0 Å². The van der Waals surface area contributed by atoms with Crippen LogP contribution in [0.4, 0.5) is 4.39 Å². The van der Waals surface area contributed by atoms with Gasteiger partial charge in [0.2, 0.25) is 5.91 Å². The lowest BCUT2D eigenvalue weighted by atomic mass is 10.1. The van der Waals surface area contributed by atoms with Crippen molar-refractivity contribution in [2.75, 3.05) is 19.7 Å². The van der Waals surface area contributed by atoms with E-state index in [1.54, 1.807) is 35.6 Å². The van der Waals surface area contributed by atoms with Crippen molar-refractivity contribution >= 4 is 11.7 Å². The van der Waals surface area contributed by atoms with Gasteiger partial charge in [0.05, 0.1) is 17.8 Å². The van der Waals surface area contributed by atoms with Gasteiger partial charge in [-0.1, -0.05) is 0 Å². The smallest absolute Gasteiger partial charge is 0.244 e. The molecule has 0 saturated carbocycles. The highest BCUT2D eigenvalue weighted by atomic mass is 19.1. The fourth-order valence-electron chi connectivity index (χ4n) is 2.85. The first-order valence-electron chi connectivity index (χ1n) is 8.54. The molecule has 0 fully saturated rings. The van der Waals surface area contributed by atoms with Gasteiger partial charge >= 0.3 is 0 Å². The number of halogens is 1. The minimum absolute atomic E-state index is 0.0567. The molecule has 0 aliphatic carbocycles. The number of ketones is 1. The second-order valence-corrected chi connectivity index (χ2v) is 6.04. The van der Waals surface area contributed by atoms with Crippen LogP contribution in [0.1, 0.15) is 35.6 Å². The topological polar surface area (TPSA) is 64.4 Å². The van der Waals surface area contributed by atoms with E-state index in [9.17, 15) is 14.0 Å². The Balaban J connectivity index is 1.95. The van der Waals surface area contributed by atoms with Crippen LogP contribution in [0, 0.1) is 19.7 Å². The first kappa shape index (κ1) is 19.6. The summed E-state index contributed by atoms with van der Waals surface area (Å²) in [7, 11) is 0. The molecule has 1 aromatic heterocycles. The lowest BCUT2D eigenvalue weighted by molar-refractivity contribution is -0.132. The van der Waals surface area contributed by atoms with Gasteiger partial charge in [-0.05, 0) is 52.0 Å². The molecular formula is C19H24FN3O3. The summed E-state index contributed by atoms with van der Waals surface area (Å²) in [6.07, 6.45) is 0. The van der Waals surface area contributed by atoms with Gasteiger partial charge in [0.1, 0.15) is 24.7 Å². The molecule has 0 spiro atoms. The molecule has 0 atom stereocenters. The van der Waals surface area contributed by atoms with Gasteiger partial charge in [0.15, 0.2) is 5.78 Å². The summed E-state index contributed by atoms with van der Waals surface area (Å²) in [5, 5.41) is 4.31. The molecule has 0 radical (unpaired) electrons. The maximum absolute atomic E-state index is 12.9. The lowest BCUT2D eigenvalue weighted by Crippen LogP contribution is -2.37. The minimum Gasteiger partial charge on any atom is -0.492 e. The molecule has 6 nitrogen and oxygen atoms in total. The quantitative estimate of drug-likeness (QED) is 0.678. The molecule has 0 aliphatic rings. The predicted molar refractivity (Wildman–Crippen MR) is 95.9 cm³/mol. The monoisotopic (exact) mass is 361 g/mol. The summed E-state index contributed by atoms with van der Waals surface area (Å²) in [5.41, 5.74) is 1.90. The van der Waals surface area contributed by atoms with E-state index < -0.39 is 0 Å². The summed E-state index contributed by atoms with van der Waals surface area (Å²) < 4.78 is 20.0. The molecule has 0 bridgehead atoms.